The van der Waals surface area contributed by atoms with Gasteiger partial charge in [0.25, 0.3) is 0 Å². The number of rotatable bonds is 6. The number of nitrogens with zero attached hydrogens (tertiary/aromatic N) is 5. The highest BCUT2D eigenvalue weighted by molar-refractivity contribution is 5.76. The highest BCUT2D eigenvalue weighted by Gasteiger charge is 2.17. The summed E-state index contributed by atoms with van der Waals surface area (Å²) in [5, 5.41) is 11.1. The first-order valence-corrected chi connectivity index (χ1v) is 6.71. The molecule has 2 aromatic rings. The summed E-state index contributed by atoms with van der Waals surface area (Å²) < 4.78 is 3.43. The largest absolute Gasteiger partial charge is 0.346 e. The van der Waals surface area contributed by atoms with Crippen molar-refractivity contribution in [2.45, 2.75) is 32.2 Å². The lowest BCUT2D eigenvalue weighted by molar-refractivity contribution is -0.121. The molecule has 2 aromatic heterocycles. The van der Waals surface area contributed by atoms with Crippen LogP contribution in [0.2, 0.25) is 0 Å². The molecule has 20 heavy (non-hydrogen) atoms. The summed E-state index contributed by atoms with van der Waals surface area (Å²) >= 11 is 0. The van der Waals surface area contributed by atoms with E-state index >= 15 is 0 Å². The van der Waals surface area contributed by atoms with Crippen LogP contribution in [0.25, 0.3) is 0 Å². The van der Waals surface area contributed by atoms with Crippen molar-refractivity contribution in [1.82, 2.24) is 29.9 Å². The van der Waals surface area contributed by atoms with E-state index in [1.807, 2.05) is 27.2 Å². The van der Waals surface area contributed by atoms with E-state index in [1.54, 1.807) is 15.6 Å². The van der Waals surface area contributed by atoms with Gasteiger partial charge in [-0.25, -0.2) is 4.98 Å². The van der Waals surface area contributed by atoms with Crippen LogP contribution < -0.4 is 5.32 Å². The van der Waals surface area contributed by atoms with Crippen LogP contribution in [-0.4, -0.2) is 30.5 Å². The van der Waals surface area contributed by atoms with Crippen molar-refractivity contribution < 1.29 is 4.79 Å². The van der Waals surface area contributed by atoms with Gasteiger partial charge >= 0.3 is 0 Å². The van der Waals surface area contributed by atoms with Gasteiger partial charge in [-0.3, -0.25) is 14.2 Å². The number of aromatic nitrogens is 5. The molecule has 0 unspecified atom stereocenters. The second kappa shape index (κ2) is 6.31. The Hall–Kier alpha value is -2.18. The molecule has 0 spiro atoms. The third-order valence-electron chi connectivity index (χ3n) is 3.20. The van der Waals surface area contributed by atoms with Crippen molar-refractivity contribution in [2.75, 3.05) is 0 Å². The Labute approximate surface area is 118 Å². The molecule has 0 aromatic carbocycles. The van der Waals surface area contributed by atoms with Gasteiger partial charge in [0.2, 0.25) is 5.91 Å². The second-order valence-corrected chi connectivity index (χ2v) is 4.79. The van der Waals surface area contributed by atoms with Gasteiger partial charge in [0.15, 0.2) is 0 Å². The Bertz CT molecular complexity index is 573. The van der Waals surface area contributed by atoms with Crippen molar-refractivity contribution in [1.29, 1.82) is 0 Å². The summed E-state index contributed by atoms with van der Waals surface area (Å²) in [4.78, 5) is 16.2. The molecule has 0 aliphatic heterocycles. The molecule has 2 rings (SSSR count). The van der Waals surface area contributed by atoms with Crippen molar-refractivity contribution in [3.8, 4) is 0 Å². The Balaban J connectivity index is 1.88. The van der Waals surface area contributed by atoms with Gasteiger partial charge in [-0.2, -0.15) is 10.2 Å². The van der Waals surface area contributed by atoms with Crippen LogP contribution in [0.1, 0.15) is 37.2 Å². The van der Waals surface area contributed by atoms with Crippen LogP contribution in [0.15, 0.2) is 18.7 Å². The fourth-order valence-electron chi connectivity index (χ4n) is 2.10. The third-order valence-corrected chi connectivity index (χ3v) is 3.20. The minimum atomic E-state index is -0.0936. The van der Waals surface area contributed by atoms with Gasteiger partial charge in [-0.05, 0) is 18.4 Å². The maximum atomic E-state index is 12.0. The standard InChI is InChI=1S/C13H20N6O/c1-4-11(13-14-9-16-19(13)3)17-12(20)6-5-10-7-15-18(2)8-10/h7-9,11H,4-6H2,1-3H3,(H,17,20)/t11-/m0/s1. The van der Waals surface area contributed by atoms with Crippen LogP contribution in [0, 0.1) is 0 Å². The molecule has 108 valence electrons. The molecule has 2 heterocycles. The lowest BCUT2D eigenvalue weighted by atomic mass is 10.1. The molecule has 0 bridgehead atoms. The van der Waals surface area contributed by atoms with Crippen LogP contribution in [-0.2, 0) is 25.3 Å². The van der Waals surface area contributed by atoms with E-state index in [9.17, 15) is 4.79 Å². The average Bonchev–Trinajstić information content (AvgIpc) is 3.02. The molecule has 7 nitrogen and oxygen atoms in total. The zero-order valence-electron chi connectivity index (χ0n) is 12.1. The van der Waals surface area contributed by atoms with Crippen molar-refractivity contribution in [3.63, 3.8) is 0 Å². The van der Waals surface area contributed by atoms with Crippen molar-refractivity contribution in [2.24, 2.45) is 14.1 Å². The summed E-state index contributed by atoms with van der Waals surface area (Å²) in [6.45, 7) is 2.01. The predicted molar refractivity (Wildman–Crippen MR) is 73.7 cm³/mol. The molecule has 1 N–H and O–H groups in total. The maximum absolute atomic E-state index is 12.0. The number of carbonyl (C=O) groups is 1. The number of amides is 1. The monoisotopic (exact) mass is 276 g/mol. The van der Waals surface area contributed by atoms with Gasteiger partial charge in [-0.1, -0.05) is 6.92 Å². The zero-order valence-corrected chi connectivity index (χ0v) is 12.1. The predicted octanol–water partition coefficient (Wildman–Crippen LogP) is 0.749. The van der Waals surface area contributed by atoms with Gasteiger partial charge < -0.3 is 5.32 Å². The highest BCUT2D eigenvalue weighted by Crippen LogP contribution is 2.13. The molecular weight excluding hydrogens is 256 g/mol. The van der Waals surface area contributed by atoms with E-state index in [1.165, 1.54) is 6.33 Å². The quantitative estimate of drug-likeness (QED) is 0.844. The van der Waals surface area contributed by atoms with E-state index in [0.29, 0.717) is 12.8 Å². The molecule has 0 saturated carbocycles. The Kier molecular flexibility index (Phi) is 4.49. The summed E-state index contributed by atoms with van der Waals surface area (Å²) in [6.07, 6.45) is 7.13. The summed E-state index contributed by atoms with van der Waals surface area (Å²) in [5.41, 5.74) is 1.06. The second-order valence-electron chi connectivity index (χ2n) is 4.79. The first-order chi connectivity index (χ1) is 9.60. The van der Waals surface area contributed by atoms with E-state index in [4.69, 9.17) is 0 Å². The van der Waals surface area contributed by atoms with Gasteiger partial charge in [-0.15, -0.1) is 0 Å². The number of carbonyl (C=O) groups excluding carboxylic acids is 1. The first kappa shape index (κ1) is 14.2. The smallest absolute Gasteiger partial charge is 0.220 e. The lowest BCUT2D eigenvalue weighted by Crippen LogP contribution is -2.30. The number of hydrogen-bond donors (Lipinski definition) is 1. The molecule has 0 aliphatic rings. The van der Waals surface area contributed by atoms with Crippen LogP contribution in [0.5, 0.6) is 0 Å². The van der Waals surface area contributed by atoms with E-state index in [2.05, 4.69) is 20.5 Å². The Morgan fingerprint density at radius 3 is 2.75 bits per heavy atom. The van der Waals surface area contributed by atoms with Gasteiger partial charge in [0.1, 0.15) is 12.2 Å². The number of nitrogens with one attached hydrogen (secondary N) is 1. The SMILES string of the molecule is CC[C@H](NC(=O)CCc1cnn(C)c1)c1ncnn1C. The van der Waals surface area contributed by atoms with Gasteiger partial charge in [0.05, 0.1) is 12.2 Å². The molecule has 0 saturated heterocycles. The normalized spacial score (nSPS) is 12.3. The fourth-order valence-corrected chi connectivity index (χ4v) is 2.10. The minimum Gasteiger partial charge on any atom is -0.346 e. The summed E-state index contributed by atoms with van der Waals surface area (Å²) in [5.74, 6) is 0.797. The van der Waals surface area contributed by atoms with Crippen LogP contribution in [0.4, 0.5) is 0 Å². The molecule has 1 amide bonds. The minimum absolute atomic E-state index is 0.0173. The van der Waals surface area contributed by atoms with Crippen molar-refractivity contribution in [3.05, 3.63) is 30.1 Å². The molecule has 0 aliphatic carbocycles. The molecule has 1 atom stereocenters. The summed E-state index contributed by atoms with van der Waals surface area (Å²) in [6, 6.07) is -0.0936. The van der Waals surface area contributed by atoms with Crippen LogP contribution in [0.3, 0.4) is 0 Å². The Morgan fingerprint density at radius 1 is 1.40 bits per heavy atom. The highest BCUT2D eigenvalue weighted by atomic mass is 16.1. The lowest BCUT2D eigenvalue weighted by Gasteiger charge is -2.15. The average molecular weight is 276 g/mol. The van der Waals surface area contributed by atoms with Gasteiger partial charge in [0, 0.05) is 26.7 Å². The number of aryl methyl sites for hydroxylation is 3. The fraction of sp³-hybridized carbons (Fsp3) is 0.538. The zero-order chi connectivity index (χ0) is 14.5. The molecule has 0 fully saturated rings. The molecule has 0 radical (unpaired) electrons. The van der Waals surface area contributed by atoms with E-state index in [0.717, 1.165) is 17.8 Å². The van der Waals surface area contributed by atoms with Crippen molar-refractivity contribution >= 4 is 5.91 Å². The van der Waals surface area contributed by atoms with E-state index < -0.39 is 0 Å². The maximum Gasteiger partial charge on any atom is 0.220 e. The van der Waals surface area contributed by atoms with E-state index in [-0.39, 0.29) is 11.9 Å². The molecule has 7 heteroatoms. The summed E-state index contributed by atoms with van der Waals surface area (Å²) in [7, 11) is 3.69. The third kappa shape index (κ3) is 3.43. The Morgan fingerprint density at radius 2 is 2.20 bits per heavy atom. The number of hydrogen-bond acceptors (Lipinski definition) is 4. The first-order valence-electron chi connectivity index (χ1n) is 6.71. The molecular formula is C13H20N6O. The van der Waals surface area contributed by atoms with Crippen LogP contribution >= 0.6 is 0 Å². The topological polar surface area (TPSA) is 77.6 Å².